The highest BCUT2D eigenvalue weighted by Crippen LogP contribution is 2.42. The van der Waals surface area contributed by atoms with Crippen molar-refractivity contribution in [3.8, 4) is 17.6 Å². The first-order valence-electron chi connectivity index (χ1n) is 11.0. The molecule has 0 bridgehead atoms. The predicted molar refractivity (Wildman–Crippen MR) is 133 cm³/mol. The Hall–Kier alpha value is -4.36. The third-order valence-electron chi connectivity index (χ3n) is 5.64. The Morgan fingerprint density at radius 2 is 1.63 bits per heavy atom. The second kappa shape index (κ2) is 10.2. The van der Waals surface area contributed by atoms with Crippen molar-refractivity contribution in [2.24, 2.45) is 4.36 Å². The molecule has 0 spiro atoms. The van der Waals surface area contributed by atoms with Crippen molar-refractivity contribution in [1.82, 2.24) is 3.97 Å². The quantitative estimate of drug-likeness (QED) is 0.262. The number of alkyl halides is 3. The summed E-state index contributed by atoms with van der Waals surface area (Å²) in [7, 11) is -9.31. The predicted octanol–water partition coefficient (Wildman–Crippen LogP) is 5.81. The molecular weight excluding hydrogens is 600 g/mol. The number of amides is 1. The van der Waals surface area contributed by atoms with Crippen LogP contribution in [0.4, 0.5) is 26.3 Å². The lowest BCUT2D eigenvalue weighted by Crippen LogP contribution is -2.22. The van der Waals surface area contributed by atoms with Gasteiger partial charge in [-0.15, -0.1) is 4.36 Å². The topological polar surface area (TPSA) is 119 Å². The van der Waals surface area contributed by atoms with Gasteiger partial charge < -0.3 is 4.74 Å². The number of carbonyl (C=O) groups excluding carboxylic acids is 1. The van der Waals surface area contributed by atoms with E-state index >= 15 is 8.78 Å². The number of rotatable bonds is 5. The Morgan fingerprint density at radius 1 is 1.00 bits per heavy atom. The van der Waals surface area contributed by atoms with Crippen LogP contribution in [0.25, 0.3) is 10.9 Å². The summed E-state index contributed by atoms with van der Waals surface area (Å²) < 4.78 is 132. The molecule has 1 atom stereocenters. The minimum absolute atomic E-state index is 0.283. The lowest BCUT2D eigenvalue weighted by molar-refractivity contribution is -0.169. The number of benzene rings is 3. The van der Waals surface area contributed by atoms with E-state index in [2.05, 4.69) is 4.36 Å². The summed E-state index contributed by atoms with van der Waals surface area (Å²) in [5, 5.41) is 8.33. The minimum Gasteiger partial charge on any atom is -0.453 e. The molecule has 1 heterocycles. The molecule has 0 aliphatic carbocycles. The first-order chi connectivity index (χ1) is 19.0. The summed E-state index contributed by atoms with van der Waals surface area (Å²) in [6, 6.07) is 9.77. The highest BCUT2D eigenvalue weighted by atomic mass is 32.2. The number of aryl methyl sites for hydroxylation is 1. The first kappa shape index (κ1) is 29.6. The van der Waals surface area contributed by atoms with Crippen LogP contribution in [-0.2, 0) is 24.5 Å². The average molecular weight is 616 g/mol. The van der Waals surface area contributed by atoms with E-state index in [1.807, 2.05) is 0 Å². The fraction of sp³-hybridized carbons (Fsp3) is 0.120. The fourth-order valence-electron chi connectivity index (χ4n) is 3.76. The van der Waals surface area contributed by atoms with Crippen molar-refractivity contribution < 1.29 is 48.5 Å². The number of hydrogen-bond acceptors (Lipinski definition) is 6. The molecular formula is C25H15F6N3O5S2. The maximum absolute atomic E-state index is 15.6. The lowest BCUT2D eigenvalue weighted by Gasteiger charge is -2.17. The van der Waals surface area contributed by atoms with Crippen molar-refractivity contribution in [2.45, 2.75) is 22.9 Å². The van der Waals surface area contributed by atoms with Gasteiger partial charge >= 0.3 is 12.1 Å². The van der Waals surface area contributed by atoms with Crippen LogP contribution in [0.1, 0.15) is 11.1 Å². The van der Waals surface area contributed by atoms with Gasteiger partial charge in [0.05, 0.1) is 20.2 Å². The van der Waals surface area contributed by atoms with Crippen LogP contribution in [0.15, 0.2) is 68.9 Å². The molecule has 0 fully saturated rings. The monoisotopic (exact) mass is 615 g/mol. The summed E-state index contributed by atoms with van der Waals surface area (Å²) in [5.41, 5.74) is -1.01. The van der Waals surface area contributed by atoms with Gasteiger partial charge in [-0.2, -0.15) is 22.8 Å². The molecule has 0 radical (unpaired) electrons. The van der Waals surface area contributed by atoms with Crippen LogP contribution in [0.2, 0.25) is 0 Å². The van der Waals surface area contributed by atoms with Gasteiger partial charge in [0.2, 0.25) is 5.82 Å². The number of nitriles is 1. The maximum Gasteiger partial charge on any atom is 0.474 e. The Morgan fingerprint density at radius 3 is 2.22 bits per heavy atom. The van der Waals surface area contributed by atoms with E-state index in [1.54, 1.807) is 6.92 Å². The minimum atomic E-state index is -5.60. The molecule has 214 valence electrons. The van der Waals surface area contributed by atoms with Crippen molar-refractivity contribution in [3.05, 3.63) is 83.3 Å². The van der Waals surface area contributed by atoms with Gasteiger partial charge in [0.15, 0.2) is 11.6 Å². The Kier molecular flexibility index (Phi) is 7.39. The van der Waals surface area contributed by atoms with E-state index in [4.69, 9.17) is 10.00 Å². The molecule has 16 heteroatoms. The molecule has 4 rings (SSSR count). The van der Waals surface area contributed by atoms with E-state index in [9.17, 15) is 35.0 Å². The summed E-state index contributed by atoms with van der Waals surface area (Å²) in [5.74, 6) is -9.61. The van der Waals surface area contributed by atoms with Crippen LogP contribution >= 0.6 is 0 Å². The Labute approximate surface area is 228 Å². The molecule has 1 amide bonds. The summed E-state index contributed by atoms with van der Waals surface area (Å²) in [6.45, 7) is 1.66. The number of fused-ring (bicyclic) bond motifs is 1. The molecule has 3 aromatic carbocycles. The molecule has 0 aliphatic heterocycles. The van der Waals surface area contributed by atoms with E-state index in [-0.39, 0.29) is 8.87 Å². The van der Waals surface area contributed by atoms with Crippen molar-refractivity contribution >= 4 is 36.6 Å². The van der Waals surface area contributed by atoms with Gasteiger partial charge in [-0.1, -0.05) is 17.7 Å². The van der Waals surface area contributed by atoms with Crippen LogP contribution < -0.4 is 4.74 Å². The van der Waals surface area contributed by atoms with Crippen molar-refractivity contribution in [1.29, 1.82) is 5.26 Å². The van der Waals surface area contributed by atoms with Crippen LogP contribution in [0, 0.1) is 35.7 Å². The number of nitrogens with zero attached hydrogens (tertiary/aromatic N) is 3. The molecule has 0 aliphatic rings. The SMILES string of the molecule is Cc1ccc(S(=O)(=O)n2ccc3c(S(C)(=O)=NC(=O)C(F)(F)F)c(Oc4ccc(F)c(C#N)c4)c(F)c(F)c32)cc1. The van der Waals surface area contributed by atoms with E-state index in [0.717, 1.165) is 24.4 Å². The van der Waals surface area contributed by atoms with E-state index in [0.29, 0.717) is 17.9 Å². The highest BCUT2D eigenvalue weighted by molar-refractivity contribution is 7.93. The average Bonchev–Trinajstić information content (AvgIpc) is 3.33. The van der Waals surface area contributed by atoms with Gasteiger partial charge in [-0.05, 0) is 37.3 Å². The number of halogens is 6. The molecule has 0 saturated heterocycles. The van der Waals surface area contributed by atoms with Gasteiger partial charge in [0.1, 0.15) is 28.0 Å². The lowest BCUT2D eigenvalue weighted by atomic mass is 10.2. The summed E-state index contributed by atoms with van der Waals surface area (Å²) >= 11 is 0. The third kappa shape index (κ3) is 5.37. The first-order valence-corrected chi connectivity index (χ1v) is 14.4. The smallest absolute Gasteiger partial charge is 0.453 e. The van der Waals surface area contributed by atoms with Crippen molar-refractivity contribution in [2.75, 3.05) is 6.26 Å². The number of aromatic nitrogens is 1. The van der Waals surface area contributed by atoms with Crippen LogP contribution in [-0.4, -0.2) is 34.9 Å². The van der Waals surface area contributed by atoms with Crippen LogP contribution in [0.3, 0.4) is 0 Å². The highest BCUT2D eigenvalue weighted by Gasteiger charge is 2.41. The van der Waals surface area contributed by atoms with Gasteiger partial charge in [0, 0.05) is 23.9 Å². The van der Waals surface area contributed by atoms with Crippen molar-refractivity contribution in [3.63, 3.8) is 0 Å². The molecule has 1 unspecified atom stereocenters. The third-order valence-corrected chi connectivity index (χ3v) is 9.00. The summed E-state index contributed by atoms with van der Waals surface area (Å²) in [6.07, 6.45) is -4.36. The van der Waals surface area contributed by atoms with Gasteiger partial charge in [-0.3, -0.25) is 4.79 Å². The molecule has 0 N–H and O–H groups in total. The van der Waals surface area contributed by atoms with Gasteiger partial charge in [-0.25, -0.2) is 25.4 Å². The second-order valence-corrected chi connectivity index (χ2v) is 12.5. The molecule has 1 aromatic heterocycles. The number of ether oxygens (including phenoxy) is 1. The Bertz CT molecular complexity index is 2000. The molecule has 8 nitrogen and oxygen atoms in total. The van der Waals surface area contributed by atoms with Crippen LogP contribution in [0.5, 0.6) is 11.5 Å². The second-order valence-electron chi connectivity index (χ2n) is 8.53. The normalized spacial score (nSPS) is 13.4. The largest absolute Gasteiger partial charge is 0.474 e. The van der Waals surface area contributed by atoms with Gasteiger partial charge in [0.25, 0.3) is 10.0 Å². The molecule has 0 saturated carbocycles. The summed E-state index contributed by atoms with van der Waals surface area (Å²) in [4.78, 5) is 10.2. The number of carbonyl (C=O) groups is 1. The Balaban J connectivity index is 2.10. The zero-order valence-corrected chi connectivity index (χ0v) is 22.3. The zero-order chi connectivity index (χ0) is 30.5. The number of hydrogen-bond donors (Lipinski definition) is 0. The molecule has 41 heavy (non-hydrogen) atoms. The molecule has 4 aromatic rings. The standard InChI is InChI=1S/C25H15F6N3O5S2/c1-13-3-6-16(7-4-13)41(37,38)34-10-9-17-21(34)19(27)20(28)22(39-15-5-8-18(26)14(11-15)12-32)23(17)40(2,36)33-24(35)25(29,30)31/h3-11H,1-2H3. The maximum atomic E-state index is 15.6. The van der Waals surface area contributed by atoms with E-state index in [1.165, 1.54) is 30.3 Å². The van der Waals surface area contributed by atoms with E-state index < -0.39 is 82.1 Å². The fourth-order valence-corrected chi connectivity index (χ4v) is 6.66. The zero-order valence-electron chi connectivity index (χ0n) is 20.7.